The van der Waals surface area contributed by atoms with Gasteiger partial charge in [-0.25, -0.2) is 0 Å². The number of para-hydroxylation sites is 2. The zero-order valence-electron chi connectivity index (χ0n) is 14.4. The van der Waals surface area contributed by atoms with Gasteiger partial charge >= 0.3 is 0 Å². The highest BCUT2D eigenvalue weighted by Crippen LogP contribution is 2.24. The molecule has 0 bridgehead atoms. The molecule has 6 nitrogen and oxygen atoms in total. The molecule has 0 aliphatic rings. The fourth-order valence-electron chi connectivity index (χ4n) is 2.07. The highest BCUT2D eigenvalue weighted by Gasteiger charge is 2.11. The van der Waals surface area contributed by atoms with Crippen LogP contribution in [0.25, 0.3) is 0 Å². The molecule has 0 aliphatic heterocycles. The Morgan fingerprint density at radius 2 is 1.96 bits per heavy atom. The number of benzene rings is 1. The molecule has 24 heavy (non-hydrogen) atoms. The Balaban J connectivity index is 1.98. The predicted molar refractivity (Wildman–Crippen MR) is 95.5 cm³/mol. The van der Waals surface area contributed by atoms with Crippen molar-refractivity contribution in [3.8, 4) is 5.75 Å². The monoisotopic (exact) mass is 328 g/mol. The molecule has 0 aliphatic carbocycles. The Hall–Kier alpha value is -2.63. The number of amides is 1. The zero-order valence-corrected chi connectivity index (χ0v) is 14.4. The Bertz CT molecular complexity index is 656. The maximum Gasteiger partial charge on any atom is 0.276 e. The molecule has 1 amide bonds. The number of nitrogens with zero attached hydrogens (tertiary/aromatic N) is 2. The van der Waals surface area contributed by atoms with Crippen LogP contribution in [0, 0.1) is 5.92 Å². The first-order chi connectivity index (χ1) is 11.6. The van der Waals surface area contributed by atoms with Crippen LogP contribution in [-0.4, -0.2) is 29.3 Å². The lowest BCUT2D eigenvalue weighted by Gasteiger charge is -2.11. The number of nitrogens with one attached hydrogen (secondary N) is 2. The van der Waals surface area contributed by atoms with Gasteiger partial charge in [0.2, 0.25) is 0 Å². The van der Waals surface area contributed by atoms with Crippen molar-refractivity contribution in [1.29, 1.82) is 0 Å². The average Bonchev–Trinajstić information content (AvgIpc) is 2.57. The first-order valence-electron chi connectivity index (χ1n) is 8.21. The van der Waals surface area contributed by atoms with E-state index in [0.29, 0.717) is 29.8 Å². The number of anilines is 2. The van der Waals surface area contributed by atoms with E-state index >= 15 is 0 Å². The van der Waals surface area contributed by atoms with Gasteiger partial charge in [0.25, 0.3) is 5.91 Å². The fourth-order valence-corrected chi connectivity index (χ4v) is 2.07. The second-order valence-corrected chi connectivity index (χ2v) is 5.80. The van der Waals surface area contributed by atoms with Crippen LogP contribution in [0.15, 0.2) is 36.4 Å². The van der Waals surface area contributed by atoms with E-state index < -0.39 is 0 Å². The number of carbonyl (C=O) groups is 1. The molecule has 0 radical (unpaired) electrons. The van der Waals surface area contributed by atoms with E-state index in [1.807, 2.05) is 25.1 Å². The van der Waals surface area contributed by atoms with Crippen LogP contribution >= 0.6 is 0 Å². The van der Waals surface area contributed by atoms with Crippen LogP contribution < -0.4 is 15.4 Å². The predicted octanol–water partition coefficient (Wildman–Crippen LogP) is 3.59. The first kappa shape index (κ1) is 17.7. The molecule has 0 spiro atoms. The summed E-state index contributed by atoms with van der Waals surface area (Å²) in [5.41, 5.74) is 0.876. The van der Waals surface area contributed by atoms with Gasteiger partial charge in [0, 0.05) is 6.54 Å². The molecule has 2 aromatic rings. The van der Waals surface area contributed by atoms with Crippen molar-refractivity contribution < 1.29 is 9.53 Å². The smallest absolute Gasteiger partial charge is 0.276 e. The summed E-state index contributed by atoms with van der Waals surface area (Å²) in [5.74, 6) is 1.61. The van der Waals surface area contributed by atoms with Gasteiger partial charge in [-0.1, -0.05) is 26.0 Å². The SMILES string of the molecule is CCOc1ccccc1NC(=O)c1ccc(NCCC(C)C)nn1. The lowest BCUT2D eigenvalue weighted by Crippen LogP contribution is -2.16. The van der Waals surface area contributed by atoms with E-state index in [4.69, 9.17) is 4.74 Å². The van der Waals surface area contributed by atoms with Crippen molar-refractivity contribution in [1.82, 2.24) is 10.2 Å². The molecule has 128 valence electrons. The molecule has 2 rings (SSSR count). The molecular formula is C18H24N4O2. The molecule has 0 saturated carbocycles. The van der Waals surface area contributed by atoms with E-state index in [1.54, 1.807) is 18.2 Å². The summed E-state index contributed by atoms with van der Waals surface area (Å²) in [6.45, 7) is 7.60. The number of rotatable bonds is 8. The van der Waals surface area contributed by atoms with Gasteiger partial charge in [-0.15, -0.1) is 10.2 Å². The second-order valence-electron chi connectivity index (χ2n) is 5.80. The van der Waals surface area contributed by atoms with Crippen molar-refractivity contribution in [2.75, 3.05) is 23.8 Å². The van der Waals surface area contributed by atoms with Gasteiger partial charge in [-0.05, 0) is 43.5 Å². The molecule has 6 heteroatoms. The summed E-state index contributed by atoms with van der Waals surface area (Å²) in [7, 11) is 0. The van der Waals surface area contributed by atoms with Crippen LogP contribution in [-0.2, 0) is 0 Å². The fraction of sp³-hybridized carbons (Fsp3) is 0.389. The molecule has 0 saturated heterocycles. The van der Waals surface area contributed by atoms with Crippen molar-refractivity contribution >= 4 is 17.4 Å². The van der Waals surface area contributed by atoms with E-state index in [-0.39, 0.29) is 11.6 Å². The quantitative estimate of drug-likeness (QED) is 0.774. The van der Waals surface area contributed by atoms with E-state index in [2.05, 4.69) is 34.7 Å². The maximum absolute atomic E-state index is 12.3. The third-order valence-corrected chi connectivity index (χ3v) is 3.36. The Kier molecular flexibility index (Phi) is 6.54. The molecule has 0 fully saturated rings. The second kappa shape index (κ2) is 8.86. The lowest BCUT2D eigenvalue weighted by molar-refractivity contribution is 0.102. The molecule has 1 aromatic carbocycles. The molecular weight excluding hydrogens is 304 g/mol. The normalized spacial score (nSPS) is 10.5. The van der Waals surface area contributed by atoms with Gasteiger partial charge in [0.1, 0.15) is 11.6 Å². The number of hydrogen-bond donors (Lipinski definition) is 2. The molecule has 1 aromatic heterocycles. The summed E-state index contributed by atoms with van der Waals surface area (Å²) in [6, 6.07) is 10.7. The minimum Gasteiger partial charge on any atom is -0.492 e. The number of ether oxygens (including phenoxy) is 1. The molecule has 0 atom stereocenters. The third-order valence-electron chi connectivity index (χ3n) is 3.36. The van der Waals surface area contributed by atoms with Crippen LogP contribution in [0.4, 0.5) is 11.5 Å². The van der Waals surface area contributed by atoms with Crippen molar-refractivity contribution in [2.45, 2.75) is 27.2 Å². The topological polar surface area (TPSA) is 76.1 Å². The van der Waals surface area contributed by atoms with Gasteiger partial charge in [0.05, 0.1) is 12.3 Å². The van der Waals surface area contributed by atoms with Crippen molar-refractivity contribution in [3.63, 3.8) is 0 Å². The average molecular weight is 328 g/mol. The number of hydrogen-bond acceptors (Lipinski definition) is 5. The van der Waals surface area contributed by atoms with E-state index in [1.165, 1.54) is 0 Å². The molecule has 0 unspecified atom stereocenters. The van der Waals surface area contributed by atoms with Crippen LogP contribution in [0.2, 0.25) is 0 Å². The summed E-state index contributed by atoms with van der Waals surface area (Å²) >= 11 is 0. The van der Waals surface area contributed by atoms with E-state index in [0.717, 1.165) is 13.0 Å². The lowest BCUT2D eigenvalue weighted by atomic mass is 10.1. The van der Waals surface area contributed by atoms with Gasteiger partial charge in [-0.3, -0.25) is 4.79 Å². The number of aromatic nitrogens is 2. The van der Waals surface area contributed by atoms with Gasteiger partial charge in [-0.2, -0.15) is 0 Å². The largest absolute Gasteiger partial charge is 0.492 e. The van der Waals surface area contributed by atoms with Gasteiger partial charge < -0.3 is 15.4 Å². The number of carbonyl (C=O) groups excluding carboxylic acids is 1. The highest BCUT2D eigenvalue weighted by atomic mass is 16.5. The van der Waals surface area contributed by atoms with Crippen LogP contribution in [0.1, 0.15) is 37.7 Å². The Morgan fingerprint density at radius 1 is 1.17 bits per heavy atom. The third kappa shape index (κ3) is 5.22. The van der Waals surface area contributed by atoms with Crippen molar-refractivity contribution in [2.24, 2.45) is 5.92 Å². The van der Waals surface area contributed by atoms with Crippen LogP contribution in [0.5, 0.6) is 5.75 Å². The molecule has 2 N–H and O–H groups in total. The van der Waals surface area contributed by atoms with Crippen molar-refractivity contribution in [3.05, 3.63) is 42.1 Å². The highest BCUT2D eigenvalue weighted by molar-refractivity contribution is 6.03. The first-order valence-corrected chi connectivity index (χ1v) is 8.21. The van der Waals surface area contributed by atoms with Gasteiger partial charge in [0.15, 0.2) is 5.69 Å². The summed E-state index contributed by atoms with van der Waals surface area (Å²) in [4.78, 5) is 12.3. The van der Waals surface area contributed by atoms with Crippen LogP contribution in [0.3, 0.4) is 0 Å². The Morgan fingerprint density at radius 3 is 2.62 bits per heavy atom. The minimum absolute atomic E-state index is 0.260. The standard InChI is InChI=1S/C18H24N4O2/c1-4-24-16-8-6-5-7-14(16)20-18(23)15-9-10-17(22-21-15)19-12-11-13(2)3/h5-10,13H,4,11-12H2,1-3H3,(H,19,22)(H,20,23). The Labute approximate surface area is 142 Å². The maximum atomic E-state index is 12.3. The zero-order chi connectivity index (χ0) is 17.4. The summed E-state index contributed by atoms with van der Waals surface area (Å²) in [6.07, 6.45) is 1.05. The summed E-state index contributed by atoms with van der Waals surface area (Å²) in [5, 5.41) is 14.0. The summed E-state index contributed by atoms with van der Waals surface area (Å²) < 4.78 is 5.50. The minimum atomic E-state index is -0.316. The molecule has 1 heterocycles. The van der Waals surface area contributed by atoms with E-state index in [9.17, 15) is 4.79 Å².